The van der Waals surface area contributed by atoms with Crippen LogP contribution in [0.2, 0.25) is 0 Å². The van der Waals surface area contributed by atoms with E-state index in [4.69, 9.17) is 20.2 Å². The van der Waals surface area contributed by atoms with E-state index >= 15 is 0 Å². The van der Waals surface area contributed by atoms with Gasteiger partial charge in [0.1, 0.15) is 17.2 Å². The van der Waals surface area contributed by atoms with Gasteiger partial charge in [-0.05, 0) is 121 Å². The van der Waals surface area contributed by atoms with Crippen molar-refractivity contribution in [2.75, 3.05) is 12.9 Å². The zero-order valence-electron chi connectivity index (χ0n) is 41.2. The predicted octanol–water partition coefficient (Wildman–Crippen LogP) is 11.3. The molecule has 8 nitrogen and oxygen atoms in total. The van der Waals surface area contributed by atoms with E-state index < -0.39 is 34.7 Å². The Morgan fingerprint density at radius 3 is 2.48 bits per heavy atom. The number of hydrogen-bond acceptors (Lipinski definition) is 9. The molecule has 348 valence electrons. The van der Waals surface area contributed by atoms with E-state index in [-0.39, 0.29) is 46.5 Å². The van der Waals surface area contributed by atoms with Crippen molar-refractivity contribution < 1.29 is 24.5 Å². The number of rotatable bonds is 14. The molecule has 63 heavy (non-hydrogen) atoms. The lowest BCUT2D eigenvalue weighted by Crippen LogP contribution is -2.79. The van der Waals surface area contributed by atoms with Gasteiger partial charge in [0.2, 0.25) is 0 Å². The molecule has 2 heterocycles. The maximum absolute atomic E-state index is 13.5. The Balaban J connectivity index is 1.57. The average Bonchev–Trinajstić information content (AvgIpc) is 3.46. The molecule has 9 heteroatoms. The van der Waals surface area contributed by atoms with Crippen molar-refractivity contribution in [2.24, 2.45) is 62.0 Å². The average molecular weight is 884 g/mol. The summed E-state index contributed by atoms with van der Waals surface area (Å²) in [4.78, 5) is 22.3. The molecule has 0 saturated heterocycles. The Morgan fingerprint density at radius 1 is 1.13 bits per heavy atom. The lowest BCUT2D eigenvalue weighted by Gasteiger charge is -2.78. The van der Waals surface area contributed by atoms with E-state index in [0.717, 1.165) is 61.4 Å². The van der Waals surface area contributed by atoms with Gasteiger partial charge < -0.3 is 30.3 Å². The van der Waals surface area contributed by atoms with Gasteiger partial charge in [-0.1, -0.05) is 97.3 Å². The molecule has 0 amide bonds. The van der Waals surface area contributed by atoms with Gasteiger partial charge in [0, 0.05) is 56.7 Å². The van der Waals surface area contributed by atoms with Crippen LogP contribution in [0.15, 0.2) is 85.8 Å². The summed E-state index contributed by atoms with van der Waals surface area (Å²) in [6, 6.07) is -0.583. The fraction of sp³-hybridized carbons (Fsp3) is 0.704. The zero-order chi connectivity index (χ0) is 46.2. The molecule has 0 aromatic rings. The van der Waals surface area contributed by atoms with Crippen LogP contribution in [-0.4, -0.2) is 69.7 Å². The first-order chi connectivity index (χ1) is 29.6. The summed E-state index contributed by atoms with van der Waals surface area (Å²) in [5.74, 6) is 3.10. The highest BCUT2D eigenvalue weighted by molar-refractivity contribution is 8.03. The minimum atomic E-state index is -0.812. The number of nitrogens with two attached hydrogens (primary N) is 1. The van der Waals surface area contributed by atoms with Crippen molar-refractivity contribution >= 4 is 23.6 Å². The fourth-order valence-electron chi connectivity index (χ4n) is 14.0. The van der Waals surface area contributed by atoms with E-state index in [1.54, 1.807) is 18.7 Å². The molecule has 0 aromatic heterocycles. The molecule has 2 aliphatic heterocycles. The third kappa shape index (κ3) is 7.26. The summed E-state index contributed by atoms with van der Waals surface area (Å²) in [6.45, 7) is 28.9. The zero-order valence-corrected chi connectivity index (χ0v) is 42.0. The number of carbonyl (C=O) groups excluding carboxylic acids is 1. The second-order valence-electron chi connectivity index (χ2n) is 22.3. The highest BCUT2D eigenvalue weighted by Crippen LogP contribution is 2.84. The number of aliphatic imine (C=N–C) groups is 1. The molecular weight excluding hydrogens is 803 g/mol. The molecule has 1 spiro atoms. The van der Waals surface area contributed by atoms with Crippen molar-refractivity contribution in [3.05, 3.63) is 80.8 Å². The van der Waals surface area contributed by atoms with Gasteiger partial charge in [-0.2, -0.15) is 0 Å². The Kier molecular flexibility index (Phi) is 13.3. The Bertz CT molecular complexity index is 2080. The van der Waals surface area contributed by atoms with Crippen LogP contribution >= 0.6 is 11.8 Å². The van der Waals surface area contributed by atoms with Crippen LogP contribution in [0.4, 0.5) is 0 Å². The minimum absolute atomic E-state index is 0.0784. The quantitative estimate of drug-likeness (QED) is 0.0897. The molecule has 4 saturated carbocycles. The second kappa shape index (κ2) is 17.4. The van der Waals surface area contributed by atoms with Crippen LogP contribution in [0.5, 0.6) is 0 Å². The lowest BCUT2D eigenvalue weighted by atomic mass is 9.27. The maximum Gasteiger partial charge on any atom is 0.333 e. The molecule has 8 aliphatic rings. The Morgan fingerprint density at radius 2 is 1.84 bits per heavy atom. The minimum Gasteiger partial charge on any atom is -0.481 e. The van der Waals surface area contributed by atoms with E-state index in [0.29, 0.717) is 23.7 Å². The number of nitrogens with zero attached hydrogens (tertiary/aromatic N) is 2. The fourth-order valence-corrected chi connectivity index (χ4v) is 15.4. The number of amidine groups is 1. The lowest BCUT2D eigenvalue weighted by molar-refractivity contribution is -0.339. The third-order valence-electron chi connectivity index (χ3n) is 18.1. The van der Waals surface area contributed by atoms with E-state index in [1.165, 1.54) is 41.6 Å². The molecule has 0 aromatic carbocycles. The Labute approximate surface area is 384 Å². The molecule has 4 fully saturated rings. The van der Waals surface area contributed by atoms with Crippen molar-refractivity contribution in [3.8, 4) is 0 Å². The summed E-state index contributed by atoms with van der Waals surface area (Å²) in [7, 11) is 1.44. The molecule has 12 unspecified atom stereocenters. The number of thioether (sulfide) groups is 1. The molecule has 8 rings (SSSR count). The summed E-state index contributed by atoms with van der Waals surface area (Å²) in [6.07, 6.45) is 21.1. The highest BCUT2D eigenvalue weighted by Gasteiger charge is 2.86. The molecule has 4 N–H and O–H groups in total. The van der Waals surface area contributed by atoms with Crippen molar-refractivity contribution in [2.45, 2.75) is 178 Å². The smallest absolute Gasteiger partial charge is 0.333 e. The molecule has 6 aliphatic carbocycles. The maximum atomic E-state index is 13.5. The first kappa shape index (κ1) is 48.1. The summed E-state index contributed by atoms with van der Waals surface area (Å²) >= 11 is 1.79. The van der Waals surface area contributed by atoms with E-state index in [1.807, 2.05) is 13.0 Å². The number of ether oxygens (including phenoxy) is 2. The number of fused-ring (bicyclic) bond motifs is 4. The van der Waals surface area contributed by atoms with Gasteiger partial charge in [-0.3, -0.25) is 0 Å². The monoisotopic (exact) mass is 884 g/mol. The van der Waals surface area contributed by atoms with Crippen molar-refractivity contribution in [1.82, 2.24) is 4.90 Å². The van der Waals surface area contributed by atoms with Crippen LogP contribution in [0.3, 0.4) is 0 Å². The normalized spacial score (nSPS) is 37.6. The van der Waals surface area contributed by atoms with Crippen LogP contribution < -0.4 is 5.73 Å². The van der Waals surface area contributed by atoms with Gasteiger partial charge in [0.15, 0.2) is 0 Å². The standard InChI is InChI=1S/C54H81N3O5S/c1-15-29-57-36(9)56-44-42-46(38(19-18-32(4)5)37-21-25-51(12,24-16-17-31(2)3)26-22-39(37)47(42)63-30-41(55)34(7)58)62-54-28-23-40(45(57)43(44)54)48(59)53(27-20-33(6)49(60)61-14)35(8)50(10,11)52(53,54)13/h15,18,20,22,26,29,31,34-35,37,39-41,45,48,58-59H,16-17,19,21,23-25,27-28,30,55H2,1-14H3. The second-order valence-corrected chi connectivity index (χ2v) is 23.4. The summed E-state index contributed by atoms with van der Waals surface area (Å²) in [5.41, 5.74) is 11.0. The van der Waals surface area contributed by atoms with Gasteiger partial charge in [-0.25, -0.2) is 9.79 Å². The number of esters is 1. The first-order valence-electron chi connectivity index (χ1n) is 24.3. The first-order valence-corrected chi connectivity index (χ1v) is 25.3. The van der Waals surface area contributed by atoms with E-state index in [9.17, 15) is 15.0 Å². The molecule has 0 radical (unpaired) electrons. The van der Waals surface area contributed by atoms with Gasteiger partial charge >= 0.3 is 5.97 Å². The van der Waals surface area contributed by atoms with Crippen molar-refractivity contribution in [3.63, 3.8) is 0 Å². The van der Waals surface area contributed by atoms with E-state index in [2.05, 4.69) is 112 Å². The van der Waals surface area contributed by atoms with Gasteiger partial charge in [0.05, 0.1) is 36.6 Å². The Hall–Kier alpha value is -2.85. The summed E-state index contributed by atoms with van der Waals surface area (Å²) in [5, 5.41) is 24.2. The molecule has 2 bridgehead atoms. The number of aliphatic hydroxyl groups is 2. The van der Waals surface area contributed by atoms with Crippen LogP contribution in [0.1, 0.15) is 148 Å². The topological polar surface area (TPSA) is 118 Å². The largest absolute Gasteiger partial charge is 0.481 e. The number of carbonyl (C=O) groups is 1. The highest BCUT2D eigenvalue weighted by atomic mass is 32.2. The number of hydrogen-bond donors (Lipinski definition) is 3. The summed E-state index contributed by atoms with van der Waals surface area (Å²) < 4.78 is 13.6. The van der Waals surface area contributed by atoms with Crippen LogP contribution in [-0.2, 0) is 14.3 Å². The number of aliphatic hydroxyl groups excluding tert-OH is 2. The number of methoxy groups -OCH3 is 1. The van der Waals surface area contributed by atoms with Crippen LogP contribution in [0.25, 0.3) is 0 Å². The number of allylic oxidation sites excluding steroid dienone is 8. The van der Waals surface area contributed by atoms with Crippen molar-refractivity contribution in [1.29, 1.82) is 0 Å². The van der Waals surface area contributed by atoms with Crippen LogP contribution in [0, 0.1) is 51.2 Å². The van der Waals surface area contributed by atoms with Gasteiger partial charge in [-0.15, -0.1) is 11.8 Å². The molecular formula is C54H81N3O5S. The third-order valence-corrected chi connectivity index (χ3v) is 19.4. The predicted molar refractivity (Wildman–Crippen MR) is 259 cm³/mol. The van der Waals surface area contributed by atoms with Gasteiger partial charge in [0.25, 0.3) is 0 Å². The SMILES string of the molecule is CC=CN1C(C)=NC2=C3C1C1CCC3(OC3=C(CC=C(C)C)C4CCC(C)(CCCC(C)C)C=CC4C(SCC(N)C(C)O)=C23)C2(C)C(C)(C)C(C)C2(CC=C(C)C(=O)OC)C1O. The molecule has 12 atom stereocenters.